The molecule has 0 aliphatic heterocycles. The monoisotopic (exact) mass is 544 g/mol. The SMILES string of the molecule is Nc1cccc(CNC(=O)c2ccc(C(=O)N/C(=C\c3cnc4ccccc4c3)C(=O)O)c(Br)c2)c1. The number of aromatic nitrogens is 1. The van der Waals surface area contributed by atoms with Gasteiger partial charge in [-0.1, -0.05) is 30.3 Å². The van der Waals surface area contributed by atoms with Crippen LogP contribution in [-0.4, -0.2) is 27.9 Å². The molecule has 0 radical (unpaired) electrons. The number of nitrogens with two attached hydrogens (primary N) is 1. The normalized spacial score (nSPS) is 11.2. The maximum absolute atomic E-state index is 12.8. The molecule has 0 spiro atoms. The average molecular weight is 545 g/mol. The fourth-order valence-corrected chi connectivity index (χ4v) is 4.06. The average Bonchev–Trinajstić information content (AvgIpc) is 2.86. The number of carbonyl (C=O) groups is 3. The first kappa shape index (κ1) is 24.6. The molecule has 3 aromatic carbocycles. The Hall–Kier alpha value is -4.50. The summed E-state index contributed by atoms with van der Waals surface area (Å²) in [5.41, 5.74) is 8.71. The number of hydrogen-bond acceptors (Lipinski definition) is 5. The van der Waals surface area contributed by atoms with Gasteiger partial charge >= 0.3 is 5.97 Å². The standard InChI is InChI=1S/C27H21BrN4O4/c28-22-13-19(25(33)31-14-16-4-3-6-20(29)11-16)8-9-21(22)26(34)32-24(27(35)36)12-17-10-18-5-1-2-7-23(18)30-15-17/h1-13,15H,14,29H2,(H,31,33)(H,32,34)(H,35,36)/b24-12-. The molecule has 8 nitrogen and oxygen atoms in total. The topological polar surface area (TPSA) is 134 Å². The van der Waals surface area contributed by atoms with Gasteiger partial charge in [0.25, 0.3) is 11.8 Å². The lowest BCUT2D eigenvalue weighted by Crippen LogP contribution is -2.28. The molecule has 0 fully saturated rings. The molecule has 1 heterocycles. The molecule has 5 N–H and O–H groups in total. The van der Waals surface area contributed by atoms with Crippen molar-refractivity contribution in [2.24, 2.45) is 0 Å². The van der Waals surface area contributed by atoms with E-state index in [1.165, 1.54) is 30.5 Å². The van der Waals surface area contributed by atoms with Gasteiger partial charge in [-0.25, -0.2) is 4.79 Å². The Balaban J connectivity index is 1.48. The van der Waals surface area contributed by atoms with E-state index >= 15 is 0 Å². The minimum atomic E-state index is -1.30. The van der Waals surface area contributed by atoms with Gasteiger partial charge in [0.1, 0.15) is 5.70 Å². The lowest BCUT2D eigenvalue weighted by molar-refractivity contribution is -0.132. The van der Waals surface area contributed by atoms with Gasteiger partial charge in [0.05, 0.1) is 11.1 Å². The minimum absolute atomic E-state index is 0.172. The smallest absolute Gasteiger partial charge is 0.352 e. The molecule has 36 heavy (non-hydrogen) atoms. The number of anilines is 1. The van der Waals surface area contributed by atoms with Crippen LogP contribution >= 0.6 is 15.9 Å². The predicted molar refractivity (Wildman–Crippen MR) is 141 cm³/mol. The molecule has 0 unspecified atom stereocenters. The number of aliphatic carboxylic acids is 1. The summed E-state index contributed by atoms with van der Waals surface area (Å²) in [6.45, 7) is 0.292. The number of halogens is 1. The van der Waals surface area contributed by atoms with E-state index in [1.54, 1.807) is 24.3 Å². The number of nitrogens with one attached hydrogen (secondary N) is 2. The number of carboxylic acid groups (broad SMARTS) is 1. The molecule has 2 amide bonds. The zero-order valence-electron chi connectivity index (χ0n) is 18.9. The molecule has 9 heteroatoms. The van der Waals surface area contributed by atoms with Crippen LogP contribution in [-0.2, 0) is 11.3 Å². The van der Waals surface area contributed by atoms with E-state index in [0.717, 1.165) is 16.5 Å². The van der Waals surface area contributed by atoms with Gasteiger partial charge in [-0.2, -0.15) is 0 Å². The Kier molecular flexibility index (Phi) is 7.41. The van der Waals surface area contributed by atoms with Crippen molar-refractivity contribution in [1.82, 2.24) is 15.6 Å². The van der Waals surface area contributed by atoms with Crippen LogP contribution in [0, 0.1) is 0 Å². The van der Waals surface area contributed by atoms with Crippen LogP contribution in [0.3, 0.4) is 0 Å². The molecule has 0 aliphatic carbocycles. The van der Waals surface area contributed by atoms with Crippen molar-refractivity contribution in [2.45, 2.75) is 6.54 Å². The van der Waals surface area contributed by atoms with E-state index < -0.39 is 11.9 Å². The zero-order valence-corrected chi connectivity index (χ0v) is 20.5. The molecule has 0 saturated heterocycles. The first-order chi connectivity index (χ1) is 17.3. The number of hydrogen-bond donors (Lipinski definition) is 4. The van der Waals surface area contributed by atoms with Crippen molar-refractivity contribution < 1.29 is 19.5 Å². The van der Waals surface area contributed by atoms with Crippen LogP contribution in [0.5, 0.6) is 0 Å². The van der Waals surface area contributed by atoms with Gasteiger partial charge in [0.15, 0.2) is 0 Å². The van der Waals surface area contributed by atoms with E-state index in [4.69, 9.17) is 5.73 Å². The Morgan fingerprint density at radius 2 is 1.78 bits per heavy atom. The van der Waals surface area contributed by atoms with Crippen LogP contribution in [0.25, 0.3) is 17.0 Å². The highest BCUT2D eigenvalue weighted by molar-refractivity contribution is 9.10. The summed E-state index contributed by atoms with van der Waals surface area (Å²) in [4.78, 5) is 41.5. The molecule has 4 aromatic rings. The number of amides is 2. The highest BCUT2D eigenvalue weighted by Crippen LogP contribution is 2.20. The summed E-state index contributed by atoms with van der Waals surface area (Å²) in [5.74, 6) is -2.28. The van der Waals surface area contributed by atoms with Crippen LogP contribution in [0.15, 0.2) is 89.2 Å². The Labute approximate surface area is 215 Å². The minimum Gasteiger partial charge on any atom is -0.477 e. The second-order valence-corrected chi connectivity index (χ2v) is 8.76. The van der Waals surface area contributed by atoms with Gasteiger partial charge < -0.3 is 21.5 Å². The zero-order chi connectivity index (χ0) is 25.7. The van der Waals surface area contributed by atoms with Crippen LogP contribution in [0.4, 0.5) is 5.69 Å². The maximum Gasteiger partial charge on any atom is 0.352 e. The van der Waals surface area contributed by atoms with E-state index in [9.17, 15) is 19.5 Å². The molecule has 180 valence electrons. The summed E-state index contributed by atoms with van der Waals surface area (Å²) in [5, 5.41) is 15.7. The molecule has 0 aliphatic rings. The Morgan fingerprint density at radius 3 is 2.53 bits per heavy atom. The summed E-state index contributed by atoms with van der Waals surface area (Å²) >= 11 is 3.31. The first-order valence-corrected chi connectivity index (χ1v) is 11.6. The number of nitrogen functional groups attached to an aromatic ring is 1. The summed E-state index contributed by atoms with van der Waals surface area (Å²) in [6, 6.07) is 20.8. The summed E-state index contributed by atoms with van der Waals surface area (Å²) < 4.78 is 0.341. The van der Waals surface area contributed by atoms with Crippen molar-refractivity contribution in [3.8, 4) is 0 Å². The van der Waals surface area contributed by atoms with Crippen LogP contribution < -0.4 is 16.4 Å². The van der Waals surface area contributed by atoms with Gasteiger partial charge in [-0.15, -0.1) is 0 Å². The van der Waals surface area contributed by atoms with Crippen molar-refractivity contribution in [3.63, 3.8) is 0 Å². The number of para-hydroxylation sites is 1. The number of benzene rings is 3. The van der Waals surface area contributed by atoms with E-state index in [1.807, 2.05) is 30.3 Å². The molecule has 0 bridgehead atoms. The quantitative estimate of drug-likeness (QED) is 0.201. The number of carbonyl (C=O) groups excluding carboxylic acids is 2. The fraction of sp³-hybridized carbons (Fsp3) is 0.0370. The molecule has 0 saturated carbocycles. The first-order valence-electron chi connectivity index (χ1n) is 10.8. The van der Waals surface area contributed by atoms with Gasteiger partial charge in [0.2, 0.25) is 0 Å². The van der Waals surface area contributed by atoms with Crippen molar-refractivity contribution in [1.29, 1.82) is 0 Å². The van der Waals surface area contributed by atoms with Crippen LogP contribution in [0.1, 0.15) is 31.8 Å². The number of rotatable bonds is 7. The lowest BCUT2D eigenvalue weighted by atomic mass is 10.1. The van der Waals surface area contributed by atoms with Gasteiger partial charge in [-0.3, -0.25) is 14.6 Å². The van der Waals surface area contributed by atoms with Gasteiger partial charge in [-0.05, 0) is 75.6 Å². The summed E-state index contributed by atoms with van der Waals surface area (Å²) in [6.07, 6.45) is 2.87. The van der Waals surface area contributed by atoms with E-state index in [0.29, 0.717) is 27.8 Å². The maximum atomic E-state index is 12.8. The Morgan fingerprint density at radius 1 is 0.972 bits per heavy atom. The largest absolute Gasteiger partial charge is 0.477 e. The third-order valence-electron chi connectivity index (χ3n) is 5.28. The Bertz CT molecular complexity index is 1520. The third-order valence-corrected chi connectivity index (χ3v) is 5.94. The van der Waals surface area contributed by atoms with Crippen molar-refractivity contribution in [3.05, 3.63) is 111 Å². The number of fused-ring (bicyclic) bond motifs is 1. The lowest BCUT2D eigenvalue weighted by Gasteiger charge is -2.10. The molecular formula is C27H21BrN4O4. The molecule has 1 aromatic heterocycles. The van der Waals surface area contributed by atoms with E-state index in [-0.39, 0.29) is 17.2 Å². The second kappa shape index (κ2) is 10.8. The van der Waals surface area contributed by atoms with Crippen molar-refractivity contribution >= 4 is 56.4 Å². The highest BCUT2D eigenvalue weighted by atomic mass is 79.9. The van der Waals surface area contributed by atoms with Gasteiger partial charge in [0, 0.05) is 33.9 Å². The number of carboxylic acids is 1. The van der Waals surface area contributed by atoms with Crippen molar-refractivity contribution in [2.75, 3.05) is 5.73 Å². The molecule has 0 atom stereocenters. The van der Waals surface area contributed by atoms with E-state index in [2.05, 4.69) is 31.5 Å². The predicted octanol–water partition coefficient (Wildman–Crippen LogP) is 4.37. The van der Waals surface area contributed by atoms with Crippen LogP contribution in [0.2, 0.25) is 0 Å². The highest BCUT2D eigenvalue weighted by Gasteiger charge is 2.17. The number of pyridine rings is 1. The third kappa shape index (κ3) is 5.94. The molecular weight excluding hydrogens is 524 g/mol. The second-order valence-electron chi connectivity index (χ2n) is 7.90. The number of nitrogens with zero attached hydrogens (tertiary/aromatic N) is 1. The fourth-order valence-electron chi connectivity index (χ4n) is 3.50. The molecule has 4 rings (SSSR count). The summed E-state index contributed by atoms with van der Waals surface area (Å²) in [7, 11) is 0.